The standard InChI is InChI=1S/C53H83NO14/c1-32-16-12-11-13-17-33(2)44(63-8)30-40-21-19-38(7)53(62,68-40)50(59)51(60)54-23-15-14-18-41(54)52(61)67-45(35(4)28-39-20-22-43(66-25-24-55)46(29-39)64-9)31-42(56)34(3)27-37(6)48(58)49(65-10)47(57)36(5)26-32/h11-13,16-17,27,32,34-36,38-41,43-46,48-49,55,58,62H,14-15,18-26,28-31H2,1-10H3/b13-11+,16-12+,33-17+,37-27+/t32-,34+,35+,36+,38+,39+,40-,41-,43+,44-,45-,46+,48+,49+,53+/m0/s1. The number of rotatable bonds is 9. The molecule has 0 aromatic carbocycles. The first-order chi connectivity index (χ1) is 32.3. The molecule has 0 spiro atoms. The van der Waals surface area contributed by atoms with Crippen molar-refractivity contribution in [2.45, 2.75) is 180 Å². The number of methoxy groups -OCH3 is 3. The average Bonchev–Trinajstić information content (AvgIpc) is 3.32. The molecule has 1 amide bonds. The van der Waals surface area contributed by atoms with Crippen molar-refractivity contribution in [1.29, 1.82) is 0 Å². The molecule has 3 fully saturated rings. The van der Waals surface area contributed by atoms with E-state index in [-0.39, 0.29) is 74.1 Å². The van der Waals surface area contributed by atoms with Crippen molar-refractivity contribution in [2.24, 2.45) is 35.5 Å². The Bertz CT molecular complexity index is 1810. The molecule has 15 heteroatoms. The van der Waals surface area contributed by atoms with Gasteiger partial charge in [-0.3, -0.25) is 19.2 Å². The Morgan fingerprint density at radius 1 is 0.853 bits per heavy atom. The maximum absolute atomic E-state index is 14.5. The molecule has 15 nitrogen and oxygen atoms in total. The SMILES string of the molecule is CO[C@H]1C[C@@H]2CC[C@@H](C)[C@@](O)(O2)C(=O)C(=O)N2CCCC[C@H]2C(=O)O[C@H]([C@H](C)C[C@H]2CC[C@@H](OCCO)[C@H](OC)C2)CC(=O)[C@H](C)/C=C(\C)[C@@H](O)[C@H](OC)C(=O)[C@H](C)C[C@@H](C)/C=C/C=C/C=C/1C. The minimum absolute atomic E-state index is 0.0158. The van der Waals surface area contributed by atoms with Gasteiger partial charge in [0, 0.05) is 58.5 Å². The average molecular weight is 958 g/mol. The number of aliphatic hydroxyl groups excluding tert-OH is 2. The number of allylic oxidation sites excluding steroid dienone is 6. The third-order valence-electron chi connectivity index (χ3n) is 14.9. The van der Waals surface area contributed by atoms with Gasteiger partial charge >= 0.3 is 5.97 Å². The molecule has 2 saturated heterocycles. The smallest absolute Gasteiger partial charge is 0.329 e. The highest BCUT2D eigenvalue weighted by atomic mass is 16.6. The number of cyclic esters (lactones) is 1. The van der Waals surface area contributed by atoms with Crippen LogP contribution >= 0.6 is 0 Å². The highest BCUT2D eigenvalue weighted by molar-refractivity contribution is 6.39. The first-order valence-electron chi connectivity index (χ1n) is 25.0. The van der Waals surface area contributed by atoms with Crippen LogP contribution in [-0.2, 0) is 52.4 Å². The van der Waals surface area contributed by atoms with E-state index in [4.69, 9.17) is 28.4 Å². The summed E-state index contributed by atoms with van der Waals surface area (Å²) in [5, 5.41) is 32.8. The van der Waals surface area contributed by atoms with Gasteiger partial charge in [-0.1, -0.05) is 71.1 Å². The van der Waals surface area contributed by atoms with Crippen molar-refractivity contribution >= 4 is 29.2 Å². The number of esters is 1. The van der Waals surface area contributed by atoms with Crippen LogP contribution in [0, 0.1) is 35.5 Å². The van der Waals surface area contributed by atoms with Crippen LogP contribution in [0.25, 0.3) is 0 Å². The number of amides is 1. The summed E-state index contributed by atoms with van der Waals surface area (Å²) in [6.07, 6.45) is 12.0. The van der Waals surface area contributed by atoms with Crippen LogP contribution < -0.4 is 0 Å². The van der Waals surface area contributed by atoms with E-state index in [2.05, 4.69) is 0 Å². The van der Waals surface area contributed by atoms with Crippen LogP contribution in [0.4, 0.5) is 0 Å². The molecule has 3 aliphatic heterocycles. The van der Waals surface area contributed by atoms with Gasteiger partial charge in [0.2, 0.25) is 5.79 Å². The van der Waals surface area contributed by atoms with Gasteiger partial charge in [-0.05, 0) is 107 Å². The monoisotopic (exact) mass is 958 g/mol. The zero-order chi connectivity index (χ0) is 50.3. The Labute approximate surface area is 405 Å². The lowest BCUT2D eigenvalue weighted by Gasteiger charge is -2.42. The summed E-state index contributed by atoms with van der Waals surface area (Å²) >= 11 is 0. The largest absolute Gasteiger partial charge is 0.460 e. The molecule has 3 N–H and O–H groups in total. The molecular weight excluding hydrogens is 875 g/mol. The molecule has 2 bridgehead atoms. The van der Waals surface area contributed by atoms with E-state index < -0.39 is 77.8 Å². The van der Waals surface area contributed by atoms with E-state index in [9.17, 15) is 39.3 Å². The van der Waals surface area contributed by atoms with Crippen molar-refractivity contribution < 1.29 is 67.7 Å². The number of carbonyl (C=O) groups excluding carboxylic acids is 5. The molecule has 1 aliphatic carbocycles. The Morgan fingerprint density at radius 2 is 1.59 bits per heavy atom. The summed E-state index contributed by atoms with van der Waals surface area (Å²) < 4.78 is 35.6. The Balaban J connectivity index is 1.70. The fourth-order valence-corrected chi connectivity index (χ4v) is 10.5. The molecule has 1 saturated carbocycles. The quantitative estimate of drug-likeness (QED) is 0.134. The second-order valence-corrected chi connectivity index (χ2v) is 20.2. The number of hydrogen-bond donors (Lipinski definition) is 3. The van der Waals surface area contributed by atoms with Crippen LogP contribution in [0.15, 0.2) is 47.6 Å². The first-order valence-corrected chi connectivity index (χ1v) is 25.0. The van der Waals surface area contributed by atoms with Crippen molar-refractivity contribution in [3.8, 4) is 0 Å². The van der Waals surface area contributed by atoms with Gasteiger partial charge in [0.05, 0.1) is 37.6 Å². The molecule has 0 aromatic rings. The van der Waals surface area contributed by atoms with Gasteiger partial charge in [0.1, 0.15) is 30.1 Å². The zero-order valence-corrected chi connectivity index (χ0v) is 42.4. The fraction of sp³-hybridized carbons (Fsp3) is 0.755. The lowest BCUT2D eigenvalue weighted by Crippen LogP contribution is -2.61. The topological polar surface area (TPSA) is 205 Å². The van der Waals surface area contributed by atoms with Crippen LogP contribution in [0.5, 0.6) is 0 Å². The summed E-state index contributed by atoms with van der Waals surface area (Å²) in [4.78, 5) is 72.1. The lowest BCUT2D eigenvalue weighted by atomic mass is 9.78. The van der Waals surface area contributed by atoms with Gasteiger partial charge in [0.25, 0.3) is 11.7 Å². The zero-order valence-electron chi connectivity index (χ0n) is 42.4. The van der Waals surface area contributed by atoms with Crippen LogP contribution in [-0.4, -0.2) is 145 Å². The summed E-state index contributed by atoms with van der Waals surface area (Å²) in [5.41, 5.74) is 1.26. The van der Waals surface area contributed by atoms with Crippen molar-refractivity contribution in [2.75, 3.05) is 41.1 Å². The highest BCUT2D eigenvalue weighted by Gasteiger charge is 2.53. The van der Waals surface area contributed by atoms with Gasteiger partial charge in [-0.25, -0.2) is 4.79 Å². The van der Waals surface area contributed by atoms with E-state index in [1.807, 2.05) is 58.1 Å². The number of Topliss-reactive ketones (excluding diaryl/α,β-unsaturated/α-hetero) is 3. The predicted molar refractivity (Wildman–Crippen MR) is 256 cm³/mol. The van der Waals surface area contributed by atoms with Crippen LogP contribution in [0.1, 0.15) is 126 Å². The normalized spacial score (nSPS) is 39.2. The molecule has 0 unspecified atom stereocenters. The third-order valence-corrected chi connectivity index (χ3v) is 14.9. The lowest BCUT2D eigenvalue weighted by molar-refractivity contribution is -0.265. The molecule has 0 aromatic heterocycles. The summed E-state index contributed by atoms with van der Waals surface area (Å²) in [7, 11) is 4.58. The molecular formula is C53H83NO14. The number of aliphatic hydroxyl groups is 3. The minimum Gasteiger partial charge on any atom is -0.460 e. The number of carbonyl (C=O) groups is 5. The summed E-state index contributed by atoms with van der Waals surface area (Å²) in [6, 6.07) is -1.14. The molecule has 3 heterocycles. The number of ether oxygens (including phenoxy) is 6. The maximum atomic E-state index is 14.5. The van der Waals surface area contributed by atoms with Gasteiger partial charge in [-0.15, -0.1) is 0 Å². The second-order valence-electron chi connectivity index (χ2n) is 20.2. The van der Waals surface area contributed by atoms with E-state index >= 15 is 0 Å². The van der Waals surface area contributed by atoms with Gasteiger partial charge in [-0.2, -0.15) is 0 Å². The Kier molecular flexibility index (Phi) is 22.9. The molecule has 68 heavy (non-hydrogen) atoms. The van der Waals surface area contributed by atoms with Crippen LogP contribution in [0.2, 0.25) is 0 Å². The molecule has 0 radical (unpaired) electrons. The number of piperidine rings is 1. The predicted octanol–water partition coefficient (Wildman–Crippen LogP) is 6.20. The molecule has 384 valence electrons. The van der Waals surface area contributed by atoms with Crippen molar-refractivity contribution in [3.05, 3.63) is 47.6 Å². The maximum Gasteiger partial charge on any atom is 0.329 e. The van der Waals surface area contributed by atoms with E-state index in [0.717, 1.165) is 12.0 Å². The summed E-state index contributed by atoms with van der Waals surface area (Å²) in [6.45, 7) is 12.9. The number of fused-ring (bicyclic) bond motifs is 3. The Hall–Kier alpha value is -3.41. The van der Waals surface area contributed by atoms with Gasteiger partial charge < -0.3 is 48.6 Å². The third kappa shape index (κ3) is 15.3. The van der Waals surface area contributed by atoms with E-state index in [1.54, 1.807) is 41.1 Å². The van der Waals surface area contributed by atoms with E-state index in [1.165, 1.54) is 12.0 Å². The van der Waals surface area contributed by atoms with Crippen LogP contribution in [0.3, 0.4) is 0 Å². The number of nitrogens with zero attached hydrogens (tertiary/aromatic N) is 1. The first kappa shape index (κ1) is 57.2. The Morgan fingerprint density at radius 3 is 2.26 bits per heavy atom. The molecule has 15 atom stereocenters. The second kappa shape index (κ2) is 27.3. The molecule has 4 rings (SSSR count). The van der Waals surface area contributed by atoms with Crippen molar-refractivity contribution in [1.82, 2.24) is 4.90 Å². The number of hydrogen-bond acceptors (Lipinski definition) is 14. The minimum atomic E-state index is -2.43. The summed E-state index contributed by atoms with van der Waals surface area (Å²) in [5.74, 6) is -7.96. The van der Waals surface area contributed by atoms with E-state index in [0.29, 0.717) is 63.4 Å². The van der Waals surface area contributed by atoms with Gasteiger partial charge in [0.15, 0.2) is 5.78 Å². The number of ketones is 3. The highest BCUT2D eigenvalue weighted by Crippen LogP contribution is 2.38. The van der Waals surface area contributed by atoms with Crippen molar-refractivity contribution in [3.63, 3.8) is 0 Å². The molecule has 4 aliphatic rings. The fourth-order valence-electron chi connectivity index (χ4n) is 10.5.